The second-order valence-electron chi connectivity index (χ2n) is 2.19. The van der Waals surface area contributed by atoms with Gasteiger partial charge in [0.05, 0.1) is 5.69 Å². The van der Waals surface area contributed by atoms with Crippen molar-refractivity contribution in [2.45, 2.75) is 26.4 Å². The molecule has 0 amide bonds. The van der Waals surface area contributed by atoms with Crippen LogP contribution in [0.1, 0.15) is 24.8 Å². The molecule has 3 heteroatoms. The molecule has 10 heavy (non-hydrogen) atoms. The maximum Gasteiger partial charge on any atom is 0.162 e. The Morgan fingerprint density at radius 1 is 1.70 bits per heavy atom. The highest BCUT2D eigenvalue weighted by Gasteiger charge is 1.99. The molecule has 0 spiro atoms. The summed E-state index contributed by atoms with van der Waals surface area (Å²) < 4.78 is 4.77. The molecule has 0 saturated heterocycles. The summed E-state index contributed by atoms with van der Waals surface area (Å²) in [6, 6.07) is 1.78. The topological polar surface area (TPSA) is 46.3 Å². The van der Waals surface area contributed by atoms with Crippen LogP contribution in [0.4, 0.5) is 0 Å². The molecule has 0 bridgehead atoms. The molecule has 0 aliphatic heterocycles. The molecule has 0 aliphatic rings. The Kier molecular flexibility index (Phi) is 2.45. The molecule has 1 aromatic rings. The van der Waals surface area contributed by atoms with Crippen molar-refractivity contribution >= 4 is 0 Å². The highest BCUT2D eigenvalue weighted by Crippen LogP contribution is 2.04. The fraction of sp³-hybridized carbons (Fsp3) is 0.571. The largest absolute Gasteiger partial charge is 0.388 e. The second kappa shape index (κ2) is 3.37. The number of aliphatic hydroxyl groups is 1. The molecule has 1 N–H and O–H groups in total. The van der Waals surface area contributed by atoms with Crippen LogP contribution < -0.4 is 0 Å². The lowest BCUT2D eigenvalue weighted by molar-refractivity contribution is 0.228. The van der Waals surface area contributed by atoms with Crippen molar-refractivity contribution in [3.8, 4) is 0 Å². The summed E-state index contributed by atoms with van der Waals surface area (Å²) >= 11 is 0. The summed E-state index contributed by atoms with van der Waals surface area (Å²) in [5, 5.41) is 12.3. The van der Waals surface area contributed by atoms with Gasteiger partial charge >= 0.3 is 0 Å². The van der Waals surface area contributed by atoms with Crippen LogP contribution in [0.3, 0.4) is 0 Å². The zero-order valence-corrected chi connectivity index (χ0v) is 6.00. The summed E-state index contributed by atoms with van der Waals surface area (Å²) in [4.78, 5) is 0. The van der Waals surface area contributed by atoms with Crippen molar-refractivity contribution in [1.82, 2.24) is 5.16 Å². The van der Waals surface area contributed by atoms with Gasteiger partial charge in [-0.05, 0) is 6.42 Å². The molecule has 1 aromatic heterocycles. The number of aromatic nitrogens is 1. The molecule has 1 heterocycles. The molecule has 0 fully saturated rings. The monoisotopic (exact) mass is 141 g/mol. The lowest BCUT2D eigenvalue weighted by Gasteiger charge is -1.83. The van der Waals surface area contributed by atoms with Gasteiger partial charge in [-0.25, -0.2) is 0 Å². The Morgan fingerprint density at radius 2 is 2.50 bits per heavy atom. The van der Waals surface area contributed by atoms with E-state index in [1.807, 2.05) is 0 Å². The molecule has 0 radical (unpaired) electrons. The molecule has 0 aliphatic carbocycles. The quantitative estimate of drug-likeness (QED) is 0.686. The van der Waals surface area contributed by atoms with E-state index in [-0.39, 0.29) is 6.61 Å². The van der Waals surface area contributed by atoms with Gasteiger partial charge in [-0.3, -0.25) is 0 Å². The summed E-state index contributed by atoms with van der Waals surface area (Å²) in [5.74, 6) is 0.545. The molecule has 0 unspecified atom stereocenters. The van der Waals surface area contributed by atoms with Gasteiger partial charge in [0, 0.05) is 6.07 Å². The molecule has 0 saturated carbocycles. The molecular formula is C7H11NO2. The van der Waals surface area contributed by atoms with Gasteiger partial charge < -0.3 is 9.63 Å². The lowest BCUT2D eigenvalue weighted by Crippen LogP contribution is -1.79. The van der Waals surface area contributed by atoms with Crippen LogP contribution in [0.2, 0.25) is 0 Å². The minimum atomic E-state index is -0.0588. The number of hydrogen-bond acceptors (Lipinski definition) is 3. The number of hydrogen-bond donors (Lipinski definition) is 1. The summed E-state index contributed by atoms with van der Waals surface area (Å²) in [5.41, 5.74) is 0.923. The first kappa shape index (κ1) is 7.28. The SMILES string of the molecule is CCCc1cc(CO)on1. The van der Waals surface area contributed by atoms with Crippen molar-refractivity contribution < 1.29 is 9.63 Å². The van der Waals surface area contributed by atoms with E-state index in [2.05, 4.69) is 12.1 Å². The average molecular weight is 141 g/mol. The van der Waals surface area contributed by atoms with Gasteiger partial charge in [-0.15, -0.1) is 0 Å². The average Bonchev–Trinajstić information content (AvgIpc) is 2.37. The fourth-order valence-corrected chi connectivity index (χ4v) is 0.804. The first-order valence-electron chi connectivity index (χ1n) is 3.42. The van der Waals surface area contributed by atoms with Crippen LogP contribution >= 0.6 is 0 Å². The van der Waals surface area contributed by atoms with Gasteiger partial charge in [-0.2, -0.15) is 0 Å². The van der Waals surface area contributed by atoms with Gasteiger partial charge in [0.2, 0.25) is 0 Å². The Labute approximate surface area is 59.7 Å². The fourth-order valence-electron chi connectivity index (χ4n) is 0.804. The number of aliphatic hydroxyl groups excluding tert-OH is 1. The van der Waals surface area contributed by atoms with Gasteiger partial charge in [0.25, 0.3) is 0 Å². The first-order valence-corrected chi connectivity index (χ1v) is 3.42. The normalized spacial score (nSPS) is 10.2. The van der Waals surface area contributed by atoms with Gasteiger partial charge in [0.1, 0.15) is 6.61 Å². The van der Waals surface area contributed by atoms with Gasteiger partial charge in [-0.1, -0.05) is 18.5 Å². The van der Waals surface area contributed by atoms with E-state index in [9.17, 15) is 0 Å². The summed E-state index contributed by atoms with van der Waals surface area (Å²) in [6.07, 6.45) is 1.97. The Bertz CT molecular complexity index is 195. The van der Waals surface area contributed by atoms with Crippen LogP contribution in [0.25, 0.3) is 0 Å². The number of aryl methyl sites for hydroxylation is 1. The number of rotatable bonds is 3. The molecule has 56 valence electrons. The third-order valence-corrected chi connectivity index (χ3v) is 1.27. The van der Waals surface area contributed by atoms with Gasteiger partial charge in [0.15, 0.2) is 5.76 Å². The second-order valence-corrected chi connectivity index (χ2v) is 2.19. The van der Waals surface area contributed by atoms with Crippen LogP contribution in [-0.4, -0.2) is 10.3 Å². The zero-order valence-electron chi connectivity index (χ0n) is 6.00. The summed E-state index contributed by atoms with van der Waals surface area (Å²) in [6.45, 7) is 2.02. The number of nitrogens with zero attached hydrogens (tertiary/aromatic N) is 1. The van der Waals surface area contributed by atoms with E-state index in [4.69, 9.17) is 9.63 Å². The molecule has 0 atom stereocenters. The van der Waals surface area contributed by atoms with Crippen molar-refractivity contribution in [3.05, 3.63) is 17.5 Å². The van der Waals surface area contributed by atoms with E-state index in [1.54, 1.807) is 6.07 Å². The first-order chi connectivity index (χ1) is 4.86. The van der Waals surface area contributed by atoms with Crippen LogP contribution in [0, 0.1) is 0 Å². The smallest absolute Gasteiger partial charge is 0.162 e. The van der Waals surface area contributed by atoms with E-state index < -0.39 is 0 Å². The molecule has 0 aromatic carbocycles. The highest BCUT2D eigenvalue weighted by atomic mass is 16.5. The zero-order chi connectivity index (χ0) is 7.40. The van der Waals surface area contributed by atoms with E-state index in [1.165, 1.54) is 0 Å². The third-order valence-electron chi connectivity index (χ3n) is 1.27. The van der Waals surface area contributed by atoms with E-state index in [0.29, 0.717) is 5.76 Å². The predicted octanol–water partition coefficient (Wildman–Crippen LogP) is 1.12. The highest BCUT2D eigenvalue weighted by molar-refractivity contribution is 5.03. The van der Waals surface area contributed by atoms with Crippen LogP contribution in [0.15, 0.2) is 10.6 Å². The minimum absolute atomic E-state index is 0.0588. The van der Waals surface area contributed by atoms with Crippen molar-refractivity contribution in [2.75, 3.05) is 0 Å². The van der Waals surface area contributed by atoms with Crippen molar-refractivity contribution in [1.29, 1.82) is 0 Å². The van der Waals surface area contributed by atoms with E-state index >= 15 is 0 Å². The Morgan fingerprint density at radius 3 is 3.00 bits per heavy atom. The van der Waals surface area contributed by atoms with E-state index in [0.717, 1.165) is 18.5 Å². The van der Waals surface area contributed by atoms with Crippen molar-refractivity contribution in [2.24, 2.45) is 0 Å². The Balaban J connectivity index is 2.59. The molecule has 3 nitrogen and oxygen atoms in total. The third kappa shape index (κ3) is 1.57. The van der Waals surface area contributed by atoms with Crippen LogP contribution in [0.5, 0.6) is 0 Å². The molecule has 1 rings (SSSR count). The molecular weight excluding hydrogens is 130 g/mol. The maximum atomic E-state index is 8.59. The summed E-state index contributed by atoms with van der Waals surface area (Å²) in [7, 11) is 0. The lowest BCUT2D eigenvalue weighted by atomic mass is 10.2. The maximum absolute atomic E-state index is 8.59. The minimum Gasteiger partial charge on any atom is -0.388 e. The Hall–Kier alpha value is -0.830. The predicted molar refractivity (Wildman–Crippen MR) is 36.4 cm³/mol. The van der Waals surface area contributed by atoms with Crippen LogP contribution in [-0.2, 0) is 13.0 Å². The van der Waals surface area contributed by atoms with Crippen molar-refractivity contribution in [3.63, 3.8) is 0 Å². The standard InChI is InChI=1S/C7H11NO2/c1-2-3-6-4-7(5-9)10-8-6/h4,9H,2-3,5H2,1H3.